The Kier molecular flexibility index (Phi) is 3.33. The van der Waals surface area contributed by atoms with E-state index in [4.69, 9.17) is 0 Å². The Hall–Kier alpha value is -1.53. The van der Waals surface area contributed by atoms with Gasteiger partial charge in [-0.2, -0.15) is 13.2 Å². The maximum absolute atomic E-state index is 12.1. The van der Waals surface area contributed by atoms with Gasteiger partial charge in [-0.3, -0.25) is 0 Å². The quantitative estimate of drug-likeness (QED) is 0.838. The van der Waals surface area contributed by atoms with E-state index < -0.39 is 12.7 Å². The third-order valence-corrected chi connectivity index (χ3v) is 1.72. The summed E-state index contributed by atoms with van der Waals surface area (Å²) in [5.74, 6) is 0.709. The first-order chi connectivity index (χ1) is 6.92. The Morgan fingerprint density at radius 2 is 2.07 bits per heavy atom. The number of hydrogen-bond acceptors (Lipinski definition) is 4. The van der Waals surface area contributed by atoms with Gasteiger partial charge in [-0.1, -0.05) is 0 Å². The molecule has 0 saturated carbocycles. The van der Waals surface area contributed by atoms with Crippen LogP contribution in [-0.2, 0) is 0 Å². The molecule has 0 aliphatic carbocycles. The summed E-state index contributed by atoms with van der Waals surface area (Å²) in [6, 6.07) is 1.45. The number of halogens is 3. The van der Waals surface area contributed by atoms with Crippen molar-refractivity contribution < 1.29 is 13.2 Å². The molecular formula is C8H11F3N4. The average molecular weight is 220 g/mol. The monoisotopic (exact) mass is 220 g/mol. The predicted molar refractivity (Wildman–Crippen MR) is 50.9 cm³/mol. The van der Waals surface area contributed by atoms with Crippen LogP contribution in [-0.4, -0.2) is 36.8 Å². The third kappa shape index (κ3) is 3.61. The molecule has 0 saturated heterocycles. The van der Waals surface area contributed by atoms with E-state index in [0.717, 1.165) is 4.90 Å². The molecule has 1 N–H and O–H groups in total. The highest BCUT2D eigenvalue weighted by atomic mass is 19.4. The van der Waals surface area contributed by atoms with Gasteiger partial charge in [-0.25, -0.2) is 9.97 Å². The minimum atomic E-state index is -4.24. The van der Waals surface area contributed by atoms with Crippen LogP contribution < -0.4 is 10.2 Å². The zero-order valence-electron chi connectivity index (χ0n) is 8.34. The van der Waals surface area contributed by atoms with E-state index in [1.165, 1.54) is 19.4 Å². The fourth-order valence-corrected chi connectivity index (χ4v) is 1.04. The topological polar surface area (TPSA) is 41.0 Å². The van der Waals surface area contributed by atoms with E-state index in [0.29, 0.717) is 5.82 Å². The van der Waals surface area contributed by atoms with Crippen LogP contribution in [0.25, 0.3) is 0 Å². The van der Waals surface area contributed by atoms with Crippen molar-refractivity contribution in [1.82, 2.24) is 9.97 Å². The molecule has 1 heterocycles. The van der Waals surface area contributed by atoms with Crippen molar-refractivity contribution in [1.29, 1.82) is 0 Å². The first-order valence-electron chi connectivity index (χ1n) is 4.20. The molecular weight excluding hydrogens is 209 g/mol. The molecule has 0 aliphatic rings. The number of hydrogen-bond donors (Lipinski definition) is 1. The maximum atomic E-state index is 12.1. The van der Waals surface area contributed by atoms with Crippen molar-refractivity contribution in [2.45, 2.75) is 6.18 Å². The summed E-state index contributed by atoms with van der Waals surface area (Å²) in [6.07, 6.45) is -3.02. The van der Waals surface area contributed by atoms with E-state index in [1.54, 1.807) is 7.05 Å². The van der Waals surface area contributed by atoms with Gasteiger partial charge in [0.1, 0.15) is 24.5 Å². The van der Waals surface area contributed by atoms with Crippen LogP contribution in [0.4, 0.5) is 24.8 Å². The van der Waals surface area contributed by atoms with Crippen molar-refractivity contribution in [3.05, 3.63) is 12.4 Å². The fourth-order valence-electron chi connectivity index (χ4n) is 1.04. The molecule has 1 aromatic rings. The van der Waals surface area contributed by atoms with Gasteiger partial charge in [0.15, 0.2) is 0 Å². The summed E-state index contributed by atoms with van der Waals surface area (Å²) < 4.78 is 36.2. The molecule has 0 spiro atoms. The van der Waals surface area contributed by atoms with Crippen molar-refractivity contribution in [2.24, 2.45) is 0 Å². The lowest BCUT2D eigenvalue weighted by Gasteiger charge is -2.19. The summed E-state index contributed by atoms with van der Waals surface area (Å²) >= 11 is 0. The van der Waals surface area contributed by atoms with Crippen LogP contribution >= 0.6 is 0 Å². The van der Waals surface area contributed by atoms with Crippen molar-refractivity contribution in [3.8, 4) is 0 Å². The standard InChI is InChI=1S/C8H11F3N4/c1-12-6-3-7(14-5-13-6)15(2)4-8(9,10)11/h3,5H,4H2,1-2H3,(H,12,13,14). The fraction of sp³-hybridized carbons (Fsp3) is 0.500. The number of nitrogens with zero attached hydrogens (tertiary/aromatic N) is 3. The minimum absolute atomic E-state index is 0.228. The zero-order chi connectivity index (χ0) is 11.5. The molecule has 0 fully saturated rings. The first kappa shape index (κ1) is 11.5. The van der Waals surface area contributed by atoms with Crippen LogP contribution in [0, 0.1) is 0 Å². The highest BCUT2D eigenvalue weighted by Gasteiger charge is 2.29. The summed E-state index contributed by atoms with van der Waals surface area (Å²) in [6.45, 7) is -1.03. The molecule has 0 atom stereocenters. The highest BCUT2D eigenvalue weighted by molar-refractivity contribution is 5.47. The number of alkyl halides is 3. The summed E-state index contributed by atoms with van der Waals surface area (Å²) in [5.41, 5.74) is 0. The second kappa shape index (κ2) is 4.33. The van der Waals surface area contributed by atoms with Gasteiger partial charge < -0.3 is 10.2 Å². The van der Waals surface area contributed by atoms with E-state index in [1.807, 2.05) is 0 Å². The molecule has 7 heteroatoms. The summed E-state index contributed by atoms with van der Waals surface area (Å²) in [4.78, 5) is 8.57. The third-order valence-electron chi connectivity index (χ3n) is 1.72. The molecule has 1 aromatic heterocycles. The lowest BCUT2D eigenvalue weighted by Crippen LogP contribution is -2.31. The number of nitrogens with one attached hydrogen (secondary N) is 1. The second-order valence-electron chi connectivity index (χ2n) is 2.98. The van der Waals surface area contributed by atoms with E-state index in [2.05, 4.69) is 15.3 Å². The second-order valence-corrected chi connectivity index (χ2v) is 2.98. The molecule has 1 rings (SSSR count). The SMILES string of the molecule is CNc1cc(N(C)CC(F)(F)F)ncn1. The molecule has 0 aliphatic heterocycles. The van der Waals surface area contributed by atoms with E-state index >= 15 is 0 Å². The molecule has 0 aromatic carbocycles. The van der Waals surface area contributed by atoms with Crippen molar-refractivity contribution in [3.63, 3.8) is 0 Å². The Morgan fingerprint density at radius 3 is 2.60 bits per heavy atom. The summed E-state index contributed by atoms with van der Waals surface area (Å²) in [5, 5.41) is 2.73. The smallest absolute Gasteiger partial charge is 0.373 e. The van der Waals surface area contributed by atoms with Gasteiger partial charge in [0.25, 0.3) is 0 Å². The molecule has 15 heavy (non-hydrogen) atoms. The Balaban J connectivity index is 2.77. The average Bonchev–Trinajstić information content (AvgIpc) is 2.15. The van der Waals surface area contributed by atoms with Crippen LogP contribution in [0.2, 0.25) is 0 Å². The summed E-state index contributed by atoms with van der Waals surface area (Å²) in [7, 11) is 2.96. The van der Waals surface area contributed by atoms with E-state index in [-0.39, 0.29) is 5.82 Å². The largest absolute Gasteiger partial charge is 0.405 e. The van der Waals surface area contributed by atoms with Gasteiger partial charge >= 0.3 is 6.18 Å². The predicted octanol–water partition coefficient (Wildman–Crippen LogP) is 1.52. The van der Waals surface area contributed by atoms with E-state index in [9.17, 15) is 13.2 Å². The van der Waals surface area contributed by atoms with Crippen molar-refractivity contribution in [2.75, 3.05) is 30.9 Å². The number of anilines is 2. The van der Waals surface area contributed by atoms with Crippen LogP contribution in [0.3, 0.4) is 0 Å². The van der Waals surface area contributed by atoms with Gasteiger partial charge in [0.2, 0.25) is 0 Å². The molecule has 0 amide bonds. The van der Waals surface area contributed by atoms with Gasteiger partial charge in [-0.05, 0) is 0 Å². The number of aromatic nitrogens is 2. The van der Waals surface area contributed by atoms with Gasteiger partial charge in [0, 0.05) is 20.2 Å². The Labute approximate surface area is 85.1 Å². The Morgan fingerprint density at radius 1 is 1.40 bits per heavy atom. The molecule has 84 valence electrons. The van der Waals surface area contributed by atoms with Crippen LogP contribution in [0.1, 0.15) is 0 Å². The van der Waals surface area contributed by atoms with Crippen LogP contribution in [0.15, 0.2) is 12.4 Å². The van der Waals surface area contributed by atoms with Crippen LogP contribution in [0.5, 0.6) is 0 Å². The maximum Gasteiger partial charge on any atom is 0.405 e. The van der Waals surface area contributed by atoms with Crippen molar-refractivity contribution >= 4 is 11.6 Å². The lowest BCUT2D eigenvalue weighted by molar-refractivity contribution is -0.119. The Bertz CT molecular complexity index is 326. The van der Waals surface area contributed by atoms with Gasteiger partial charge in [-0.15, -0.1) is 0 Å². The van der Waals surface area contributed by atoms with Gasteiger partial charge in [0.05, 0.1) is 0 Å². The minimum Gasteiger partial charge on any atom is -0.373 e. The number of rotatable bonds is 3. The molecule has 4 nitrogen and oxygen atoms in total. The molecule has 0 radical (unpaired) electrons. The lowest BCUT2D eigenvalue weighted by atomic mass is 10.4. The normalized spacial score (nSPS) is 11.3. The molecule has 0 unspecified atom stereocenters. The highest BCUT2D eigenvalue weighted by Crippen LogP contribution is 2.19. The molecule has 0 bridgehead atoms. The first-order valence-corrected chi connectivity index (χ1v) is 4.20. The zero-order valence-corrected chi connectivity index (χ0v) is 8.34.